The number of nitrogens with two attached hydrogens (primary N) is 1. The summed E-state index contributed by atoms with van der Waals surface area (Å²) in [6.07, 6.45) is 4.09. The third kappa shape index (κ3) is 554. The summed E-state index contributed by atoms with van der Waals surface area (Å²) in [5.41, 5.74) is 4.50. The van der Waals surface area contributed by atoms with Crippen LogP contribution in [0.1, 0.15) is 124 Å². The Morgan fingerprint density at radius 3 is 0.909 bits per heavy atom. The van der Waals surface area contributed by atoms with Gasteiger partial charge in [-0.05, 0) is 39.2 Å². The number of carbonyl (C=O) groups is 1. The van der Waals surface area contributed by atoms with E-state index in [9.17, 15) is 4.79 Å². The zero-order valence-corrected chi connectivity index (χ0v) is 34.5. The van der Waals surface area contributed by atoms with E-state index in [1.165, 1.54) is 14.2 Å². The Balaban J connectivity index is -0.0000000221. The number of methoxy groups -OCH3 is 1. The maximum atomic E-state index is 9.84. The van der Waals surface area contributed by atoms with Gasteiger partial charge in [-0.15, -0.1) is 13.2 Å². The highest BCUT2D eigenvalue weighted by Crippen LogP contribution is 1.83. The number of thiol groups is 1. The van der Waals surface area contributed by atoms with Crippen molar-refractivity contribution in [3.63, 3.8) is 0 Å². The molecule has 0 aliphatic rings. The van der Waals surface area contributed by atoms with Crippen LogP contribution >= 0.6 is 12.6 Å². The van der Waals surface area contributed by atoms with Crippen molar-refractivity contribution >= 4 is 18.6 Å². The van der Waals surface area contributed by atoms with Gasteiger partial charge in [-0.25, -0.2) is 4.79 Å². The summed E-state index contributed by atoms with van der Waals surface area (Å²) in [6.45, 7) is 44.2. The minimum atomic E-state index is -0.645. The van der Waals surface area contributed by atoms with Gasteiger partial charge < -0.3 is 36.0 Å². The van der Waals surface area contributed by atoms with E-state index in [4.69, 9.17) is 25.5 Å². The summed E-state index contributed by atoms with van der Waals surface area (Å²) in [6, 6.07) is 0. The molecule has 44 heavy (non-hydrogen) atoms. The fourth-order valence-corrected chi connectivity index (χ4v) is 0.386. The van der Waals surface area contributed by atoms with Crippen LogP contribution in [0.4, 0.5) is 0 Å². The van der Waals surface area contributed by atoms with Crippen molar-refractivity contribution in [3.8, 4) is 0 Å². The first-order chi connectivity index (χ1) is 20.7. The van der Waals surface area contributed by atoms with E-state index in [0.29, 0.717) is 12.2 Å². The first kappa shape index (κ1) is 84.2. The highest BCUT2D eigenvalue weighted by Gasteiger charge is 1.93. The van der Waals surface area contributed by atoms with Crippen molar-refractivity contribution in [2.75, 3.05) is 40.2 Å². The standard InChI is InChI=1S/C4H6O2.C4H10O2.2C4H10.C3H8O2S.2C3H6.4C2H6.CH5N.CH4O/c1-3-4(5)6-2;1-2-4(6)3-5;2*1-4(2)3;4-1-3(5)2-6;2*1-3-2;6*1-2/h3H,1H2,2H3;4-6H,2-3H2,1H3;2*4H,1-3H3;3-6H,1-2H2;2*3H,1H2,2H3;4*1-2H3;2H2,1H3;2H,1H3. The number of hydrogen-bond donors (Lipinski definition) is 7. The Labute approximate surface area is 285 Å². The molecule has 0 amide bonds. The molecular weight excluding hydrogens is 578 g/mol. The molecular formula is C35H89NO7S. The van der Waals surface area contributed by atoms with Crippen LogP contribution < -0.4 is 5.73 Å². The number of aliphatic hydroxyl groups is 5. The van der Waals surface area contributed by atoms with Gasteiger partial charge in [-0.3, -0.25) is 0 Å². The van der Waals surface area contributed by atoms with Gasteiger partial charge in [-0.1, -0.05) is 123 Å². The van der Waals surface area contributed by atoms with Crippen LogP contribution in [-0.2, 0) is 9.53 Å². The average molecular weight is 668 g/mol. The largest absolute Gasteiger partial charge is 0.466 e. The van der Waals surface area contributed by atoms with Crippen LogP contribution in [0.2, 0.25) is 0 Å². The van der Waals surface area contributed by atoms with Gasteiger partial charge in [0, 0.05) is 18.9 Å². The Kier molecular flexibility index (Phi) is 280. The Morgan fingerprint density at radius 1 is 0.727 bits per heavy atom. The molecule has 0 saturated carbocycles. The third-order valence-corrected chi connectivity index (χ3v) is 1.89. The summed E-state index contributed by atoms with van der Waals surface area (Å²) >= 11 is 3.69. The summed E-state index contributed by atoms with van der Waals surface area (Å²) in [7, 11) is 3.81. The van der Waals surface area contributed by atoms with Gasteiger partial charge in [0.1, 0.15) is 0 Å². The molecule has 0 spiro atoms. The van der Waals surface area contributed by atoms with E-state index in [0.717, 1.165) is 25.0 Å². The maximum absolute atomic E-state index is 9.84. The number of esters is 1. The van der Waals surface area contributed by atoms with Gasteiger partial charge in [-0.2, -0.15) is 12.6 Å². The lowest BCUT2D eigenvalue weighted by Gasteiger charge is -1.97. The van der Waals surface area contributed by atoms with E-state index in [-0.39, 0.29) is 13.2 Å². The molecule has 0 aromatic heterocycles. The van der Waals surface area contributed by atoms with E-state index >= 15 is 0 Å². The van der Waals surface area contributed by atoms with Crippen LogP contribution in [-0.4, -0.2) is 83.9 Å². The second-order valence-electron chi connectivity index (χ2n) is 7.27. The fourth-order valence-electron chi connectivity index (χ4n) is 0.270. The summed E-state index contributed by atoms with van der Waals surface area (Å²) in [5.74, 6) is 1.60. The predicted octanol–water partition coefficient (Wildman–Crippen LogP) is 8.36. The molecule has 0 rings (SSSR count). The minimum absolute atomic E-state index is 0.115. The van der Waals surface area contributed by atoms with Crippen molar-refractivity contribution in [1.29, 1.82) is 0 Å². The smallest absolute Gasteiger partial charge is 0.329 e. The monoisotopic (exact) mass is 668 g/mol. The zero-order valence-electron chi connectivity index (χ0n) is 33.6. The van der Waals surface area contributed by atoms with E-state index in [1.54, 1.807) is 12.2 Å². The molecule has 0 radical (unpaired) electrons. The molecule has 0 aliphatic carbocycles. The number of aliphatic hydroxyl groups excluding tert-OH is 5. The van der Waals surface area contributed by atoms with Crippen LogP contribution in [0.25, 0.3) is 0 Å². The van der Waals surface area contributed by atoms with Crippen LogP contribution in [0.5, 0.6) is 0 Å². The van der Waals surface area contributed by atoms with E-state index < -0.39 is 18.2 Å². The van der Waals surface area contributed by atoms with Gasteiger partial charge in [0.05, 0.1) is 32.5 Å². The average Bonchev–Trinajstić information content (AvgIpc) is 3.06. The molecule has 0 aromatic rings. The fraction of sp³-hybridized carbons (Fsp3) is 0.800. The quantitative estimate of drug-likeness (QED) is 0.0668. The molecule has 0 heterocycles. The summed E-state index contributed by atoms with van der Waals surface area (Å²) in [5, 5.41) is 39.9. The van der Waals surface area contributed by atoms with Gasteiger partial charge in [0.2, 0.25) is 0 Å². The first-order valence-corrected chi connectivity index (χ1v) is 16.4. The molecule has 0 bridgehead atoms. The molecule has 8 nitrogen and oxygen atoms in total. The predicted molar refractivity (Wildman–Crippen MR) is 209 cm³/mol. The van der Waals surface area contributed by atoms with E-state index in [2.05, 4.69) is 84.4 Å². The number of ether oxygens (including phenoxy) is 1. The Morgan fingerprint density at radius 2 is 0.909 bits per heavy atom. The normalized spacial score (nSPS) is 7.93. The van der Waals surface area contributed by atoms with Gasteiger partial charge in [0.15, 0.2) is 0 Å². The van der Waals surface area contributed by atoms with Gasteiger partial charge in [0.25, 0.3) is 0 Å². The van der Waals surface area contributed by atoms with Crippen molar-refractivity contribution in [2.45, 2.75) is 136 Å². The zero-order chi connectivity index (χ0) is 39.5. The molecule has 7 N–H and O–H groups in total. The van der Waals surface area contributed by atoms with Crippen LogP contribution in [0.15, 0.2) is 38.0 Å². The maximum Gasteiger partial charge on any atom is 0.329 e. The summed E-state index contributed by atoms with van der Waals surface area (Å²) in [4.78, 5) is 9.84. The SMILES string of the molecule is C=CC.C=CC.C=CC(=O)OC.CC.CC.CC.CC.CC(C)C.CC(C)C.CCC(O)CO.CN.CO.OCC(O)CS. The molecule has 282 valence electrons. The van der Waals surface area contributed by atoms with Gasteiger partial charge >= 0.3 is 5.97 Å². The molecule has 9 heteroatoms. The lowest BCUT2D eigenvalue weighted by molar-refractivity contribution is -0.134. The molecule has 0 aliphatic heterocycles. The molecule has 0 aromatic carbocycles. The highest BCUT2D eigenvalue weighted by molar-refractivity contribution is 7.80. The van der Waals surface area contributed by atoms with Crippen LogP contribution in [0, 0.1) is 11.8 Å². The Bertz CT molecular complexity index is 312. The first-order valence-electron chi connectivity index (χ1n) is 15.8. The minimum Gasteiger partial charge on any atom is -0.466 e. The summed E-state index contributed by atoms with van der Waals surface area (Å²) < 4.78 is 4.14. The van der Waals surface area contributed by atoms with Crippen molar-refractivity contribution in [1.82, 2.24) is 0 Å². The number of carbonyl (C=O) groups excluding carboxylic acids is 1. The van der Waals surface area contributed by atoms with Crippen molar-refractivity contribution in [3.05, 3.63) is 38.0 Å². The second-order valence-corrected chi connectivity index (χ2v) is 7.64. The number of hydrogen-bond acceptors (Lipinski definition) is 9. The Hall–Kier alpha value is -1.20. The van der Waals surface area contributed by atoms with E-state index in [1.807, 2.05) is 76.2 Å². The molecule has 2 unspecified atom stereocenters. The third-order valence-electron chi connectivity index (χ3n) is 1.47. The molecule has 2 atom stereocenters. The van der Waals surface area contributed by atoms with Crippen molar-refractivity contribution in [2.24, 2.45) is 17.6 Å². The topological polar surface area (TPSA) is 153 Å². The van der Waals surface area contributed by atoms with Crippen LogP contribution in [0.3, 0.4) is 0 Å². The highest BCUT2D eigenvalue weighted by atomic mass is 32.1. The second kappa shape index (κ2) is 146. The lowest BCUT2D eigenvalue weighted by Crippen LogP contribution is -2.12. The number of rotatable bonds is 5. The molecule has 0 saturated heterocycles. The molecule has 0 fully saturated rings. The number of allylic oxidation sites excluding steroid dienone is 2. The lowest BCUT2D eigenvalue weighted by atomic mass is 10.3. The van der Waals surface area contributed by atoms with Crippen molar-refractivity contribution < 1.29 is 35.1 Å².